The third-order valence-corrected chi connectivity index (χ3v) is 12.3. The molecule has 450 valence electrons. The standard InChI is InChI=1S/3C13H12N.2C12H10N.C11H8N.6Ir/c1-10-4-3-5-12(8-10)13-9-11(2)6-7-14-13;1-10-8-11(2)13(14-9-10)12-6-4-3-5-7-12;1-10-8-9-14-13(11(10)2)12-6-4-3-5-7-12;1-10-6-5-9-13-12(10)11-7-3-2-4-8-11;1-10-7-8-13-12(9-10)11-5-3-2-4-6-11;1-2-6-10(7-3-1)11-8-4-5-9-12-11;;;;;;/h3-4,6-9H,1-2H3;2*3-6,8-9H,1-2H3;2-7,9H,1H3;2-5,7-9H,1H3;1-6,8-9H;;;;;;/q6*-1;;;;;;. The molecule has 0 bridgehead atoms. The predicted molar refractivity (Wildman–Crippen MR) is 329 cm³/mol. The van der Waals surface area contributed by atoms with Crippen LogP contribution < -0.4 is 0 Å². The van der Waals surface area contributed by atoms with Gasteiger partial charge in [-0.25, -0.2) is 0 Å². The van der Waals surface area contributed by atoms with Crippen molar-refractivity contribution in [3.05, 3.63) is 324 Å². The Labute approximate surface area is 591 Å². The minimum atomic E-state index is 0. The molecule has 12 rings (SSSR count). The summed E-state index contributed by atoms with van der Waals surface area (Å²) in [4.78, 5) is 25.9. The van der Waals surface area contributed by atoms with Crippen LogP contribution in [0.2, 0.25) is 0 Å². The van der Waals surface area contributed by atoms with Gasteiger partial charge in [0.1, 0.15) is 0 Å². The van der Waals surface area contributed by atoms with Gasteiger partial charge in [-0.1, -0.05) is 76.7 Å². The quantitative estimate of drug-likeness (QED) is 0.154. The van der Waals surface area contributed by atoms with Gasteiger partial charge in [0.15, 0.2) is 0 Å². The van der Waals surface area contributed by atoms with Crippen molar-refractivity contribution in [2.45, 2.75) is 55.4 Å². The zero-order valence-electron chi connectivity index (χ0n) is 48.8. The number of hydrogen-bond donors (Lipinski definition) is 0. The van der Waals surface area contributed by atoms with Gasteiger partial charge < -0.3 is 29.9 Å². The molecule has 0 amide bonds. The van der Waals surface area contributed by atoms with Crippen LogP contribution in [-0.4, -0.2) is 29.9 Å². The van der Waals surface area contributed by atoms with Crippen LogP contribution in [0, 0.1) is 91.8 Å². The van der Waals surface area contributed by atoms with Gasteiger partial charge in [0.2, 0.25) is 0 Å². The van der Waals surface area contributed by atoms with E-state index in [0.29, 0.717) is 0 Å². The maximum atomic E-state index is 4.42. The molecule has 0 fully saturated rings. The number of rotatable bonds is 6. The Bertz CT molecular complexity index is 3670. The van der Waals surface area contributed by atoms with E-state index in [0.717, 1.165) is 67.5 Å². The van der Waals surface area contributed by atoms with Gasteiger partial charge in [-0.05, 0) is 119 Å². The Morgan fingerprint density at radius 3 is 1.10 bits per heavy atom. The van der Waals surface area contributed by atoms with Crippen molar-refractivity contribution in [1.29, 1.82) is 0 Å². The van der Waals surface area contributed by atoms with E-state index in [1.807, 2.05) is 207 Å². The Morgan fingerprint density at radius 1 is 0.244 bits per heavy atom. The first-order chi connectivity index (χ1) is 39.0. The molecule has 86 heavy (non-hydrogen) atoms. The molecule has 0 atom stereocenters. The van der Waals surface area contributed by atoms with Crippen molar-refractivity contribution >= 4 is 0 Å². The summed E-state index contributed by atoms with van der Waals surface area (Å²) in [5, 5.41) is 0. The number of hydrogen-bond acceptors (Lipinski definition) is 6. The topological polar surface area (TPSA) is 77.3 Å². The van der Waals surface area contributed by atoms with Gasteiger partial charge in [0.25, 0.3) is 0 Å². The van der Waals surface area contributed by atoms with Crippen molar-refractivity contribution in [2.75, 3.05) is 0 Å². The van der Waals surface area contributed by atoms with E-state index >= 15 is 0 Å². The van der Waals surface area contributed by atoms with Crippen molar-refractivity contribution in [1.82, 2.24) is 29.9 Å². The van der Waals surface area contributed by atoms with E-state index in [1.54, 1.807) is 6.20 Å². The average Bonchev–Trinajstić information content (AvgIpc) is 3.41. The molecule has 12 heteroatoms. The summed E-state index contributed by atoms with van der Waals surface area (Å²) in [7, 11) is 0. The van der Waals surface area contributed by atoms with E-state index < -0.39 is 0 Å². The van der Waals surface area contributed by atoms with Crippen LogP contribution in [0.1, 0.15) is 44.5 Å². The van der Waals surface area contributed by atoms with Crippen molar-refractivity contribution in [3.63, 3.8) is 0 Å². The Kier molecular flexibility index (Phi) is 38.9. The summed E-state index contributed by atoms with van der Waals surface area (Å²) in [6, 6.07) is 86.7. The summed E-state index contributed by atoms with van der Waals surface area (Å²) in [5.74, 6) is 0. The number of nitrogens with zero attached hydrogens (tertiary/aromatic N) is 6. The summed E-state index contributed by atoms with van der Waals surface area (Å²) < 4.78 is 0. The minimum absolute atomic E-state index is 0. The van der Waals surface area contributed by atoms with Crippen LogP contribution >= 0.6 is 0 Å². The molecule has 6 aromatic heterocycles. The van der Waals surface area contributed by atoms with Crippen molar-refractivity contribution in [3.8, 4) is 67.5 Å². The van der Waals surface area contributed by atoms with Crippen LogP contribution in [0.3, 0.4) is 0 Å². The summed E-state index contributed by atoms with van der Waals surface area (Å²) >= 11 is 0. The molecule has 6 aromatic carbocycles. The van der Waals surface area contributed by atoms with E-state index in [1.165, 1.54) is 44.5 Å². The molecule has 0 aliphatic carbocycles. The monoisotopic (exact) mass is 2190 g/mol. The zero-order valence-corrected chi connectivity index (χ0v) is 63.1. The molecule has 6 heterocycles. The maximum Gasteiger partial charge on any atom is 0.0190 e. The molecule has 0 spiro atoms. The van der Waals surface area contributed by atoms with Gasteiger partial charge in [-0.3, -0.25) is 0 Å². The Hall–Kier alpha value is -5.88. The van der Waals surface area contributed by atoms with Crippen LogP contribution in [0.15, 0.2) is 243 Å². The van der Waals surface area contributed by atoms with Gasteiger partial charge in [0.05, 0.1) is 0 Å². The first-order valence-electron chi connectivity index (χ1n) is 26.4. The molecule has 0 saturated carbocycles. The normalized spacial score (nSPS) is 9.30. The van der Waals surface area contributed by atoms with Gasteiger partial charge in [0, 0.05) is 158 Å². The molecule has 6 nitrogen and oxygen atoms in total. The second-order valence-corrected chi connectivity index (χ2v) is 18.8. The Balaban J connectivity index is 0.000000509. The van der Waals surface area contributed by atoms with Crippen LogP contribution in [0.25, 0.3) is 67.5 Å². The van der Waals surface area contributed by atoms with E-state index in [2.05, 4.69) is 152 Å². The fraction of sp³-hybridized carbons (Fsp3) is 0.108. The number of benzene rings is 6. The molecule has 0 unspecified atom stereocenters. The Morgan fingerprint density at radius 2 is 0.651 bits per heavy atom. The third kappa shape index (κ3) is 25.8. The molecular weight excluding hydrogens is 2130 g/mol. The second-order valence-electron chi connectivity index (χ2n) is 18.8. The van der Waals surface area contributed by atoms with Gasteiger partial charge in [-0.2, -0.15) is 0 Å². The molecule has 0 aliphatic heterocycles. The number of aryl methyl sites for hydroxylation is 7. The summed E-state index contributed by atoms with van der Waals surface area (Å²) in [5.41, 5.74) is 22.1. The third-order valence-electron chi connectivity index (χ3n) is 12.3. The zero-order chi connectivity index (χ0) is 56.3. The smallest absolute Gasteiger partial charge is 0.0190 e. The van der Waals surface area contributed by atoms with Gasteiger partial charge in [-0.15, -0.1) is 215 Å². The molecule has 12 aromatic rings. The van der Waals surface area contributed by atoms with Gasteiger partial charge >= 0.3 is 0 Å². The molecule has 0 aliphatic rings. The molecule has 0 saturated heterocycles. The predicted octanol–water partition coefficient (Wildman–Crippen LogP) is 17.7. The summed E-state index contributed by atoms with van der Waals surface area (Å²) in [6.45, 7) is 16.6. The fourth-order valence-electron chi connectivity index (χ4n) is 8.01. The molecule has 0 N–H and O–H groups in total. The second kappa shape index (κ2) is 42.9. The molecule has 6 radical (unpaired) electrons. The van der Waals surface area contributed by atoms with Crippen LogP contribution in [0.5, 0.6) is 0 Å². The minimum Gasteiger partial charge on any atom is -0.305 e. The van der Waals surface area contributed by atoms with Crippen LogP contribution in [0.4, 0.5) is 0 Å². The van der Waals surface area contributed by atoms with E-state index in [9.17, 15) is 0 Å². The van der Waals surface area contributed by atoms with E-state index in [-0.39, 0.29) is 121 Å². The van der Waals surface area contributed by atoms with E-state index in [4.69, 9.17) is 0 Å². The fourth-order valence-corrected chi connectivity index (χ4v) is 8.01. The average molecular weight is 2190 g/mol. The first-order valence-corrected chi connectivity index (χ1v) is 26.4. The number of aromatic nitrogens is 6. The molecular formula is C74H64Ir6N6-6. The maximum absolute atomic E-state index is 4.42. The van der Waals surface area contributed by atoms with Crippen molar-refractivity contribution in [2.24, 2.45) is 0 Å². The number of pyridine rings is 6. The van der Waals surface area contributed by atoms with Crippen LogP contribution in [-0.2, 0) is 121 Å². The van der Waals surface area contributed by atoms with Crippen molar-refractivity contribution < 1.29 is 121 Å². The summed E-state index contributed by atoms with van der Waals surface area (Å²) in [6.07, 6.45) is 11.0. The first kappa shape index (κ1) is 78.1. The largest absolute Gasteiger partial charge is 0.305 e. The SMILES string of the molecule is Cc1cc[c-]c(-c2cc(C)ccn2)c1.Cc1cccnc1-c1[c-]cccc1.Cc1ccnc(-c2[c-]cccc2)c1.Cc1ccnc(-c2[c-]cccc2)c1C.Cc1cnc(-c2[c-]cccc2)c(C)c1.[Ir].[Ir].[Ir].[Ir].[Ir].[Ir].[c-]1ccccc1-c1ccccn1.